The van der Waals surface area contributed by atoms with E-state index >= 15 is 0 Å². The van der Waals surface area contributed by atoms with Gasteiger partial charge in [0.25, 0.3) is 0 Å². The number of hydrogen-bond acceptors (Lipinski definition) is 1. The average Bonchev–Trinajstić information content (AvgIpc) is 2.39. The fourth-order valence-corrected chi connectivity index (χ4v) is 1.88. The molecule has 0 N–H and O–H groups in total. The largest absolute Gasteiger partial charge is 0.289 e. The summed E-state index contributed by atoms with van der Waals surface area (Å²) in [5.74, 6) is -0.474. The van der Waals surface area contributed by atoms with Gasteiger partial charge in [0.2, 0.25) is 0 Å². The van der Waals surface area contributed by atoms with E-state index in [1.165, 1.54) is 18.2 Å². The summed E-state index contributed by atoms with van der Waals surface area (Å²) in [5.41, 5.74) is 1.78. The molecule has 0 aromatic heterocycles. The summed E-state index contributed by atoms with van der Waals surface area (Å²) in [4.78, 5) is 11.9. The zero-order chi connectivity index (χ0) is 13.8. The van der Waals surface area contributed by atoms with Gasteiger partial charge in [-0.1, -0.05) is 29.8 Å². The van der Waals surface area contributed by atoms with Crippen molar-refractivity contribution in [3.63, 3.8) is 0 Å². The lowest BCUT2D eigenvalue weighted by Crippen LogP contribution is -1.96. The summed E-state index contributed by atoms with van der Waals surface area (Å²) >= 11 is 5.85. The lowest BCUT2D eigenvalue weighted by molar-refractivity contribution is 0.104. The summed E-state index contributed by atoms with van der Waals surface area (Å²) in [7, 11) is 0. The fraction of sp³-hybridized carbons (Fsp3) is 0.0625. The molecular formula is C16H12ClFO. The minimum atomic E-state index is -0.310. The first-order chi connectivity index (χ1) is 9.06. The first-order valence-electron chi connectivity index (χ1n) is 5.80. The van der Waals surface area contributed by atoms with Crippen LogP contribution < -0.4 is 0 Å². The van der Waals surface area contributed by atoms with E-state index in [1.807, 2.05) is 12.1 Å². The quantitative estimate of drug-likeness (QED) is 0.586. The predicted octanol–water partition coefficient (Wildman–Crippen LogP) is 4.68. The molecule has 0 saturated carbocycles. The Morgan fingerprint density at radius 1 is 1.21 bits per heavy atom. The van der Waals surface area contributed by atoms with Crippen molar-refractivity contribution < 1.29 is 9.18 Å². The maximum absolute atomic E-state index is 13.1. The lowest BCUT2D eigenvalue weighted by atomic mass is 10.1. The van der Waals surface area contributed by atoms with E-state index in [9.17, 15) is 9.18 Å². The third-order valence-corrected chi connectivity index (χ3v) is 2.95. The number of ketones is 1. The molecule has 3 heteroatoms. The fourth-order valence-electron chi connectivity index (χ4n) is 1.68. The van der Waals surface area contributed by atoms with Gasteiger partial charge in [0.05, 0.1) is 0 Å². The van der Waals surface area contributed by atoms with Gasteiger partial charge in [-0.25, -0.2) is 4.39 Å². The molecule has 19 heavy (non-hydrogen) atoms. The molecule has 0 radical (unpaired) electrons. The first kappa shape index (κ1) is 13.5. The SMILES string of the molecule is Cc1cc(C(=O)/C=C/c2cccc(Cl)c2)ccc1F. The second kappa shape index (κ2) is 5.81. The smallest absolute Gasteiger partial charge is 0.185 e. The van der Waals surface area contributed by atoms with Crippen molar-refractivity contribution in [2.45, 2.75) is 6.92 Å². The topological polar surface area (TPSA) is 17.1 Å². The Kier molecular flexibility index (Phi) is 4.13. The predicted molar refractivity (Wildman–Crippen MR) is 76.0 cm³/mol. The second-order valence-corrected chi connectivity index (χ2v) is 4.65. The third kappa shape index (κ3) is 3.52. The molecule has 0 aliphatic carbocycles. The van der Waals surface area contributed by atoms with Crippen molar-refractivity contribution in [3.05, 3.63) is 76.1 Å². The van der Waals surface area contributed by atoms with E-state index in [0.29, 0.717) is 16.1 Å². The van der Waals surface area contributed by atoms with Gasteiger partial charge < -0.3 is 0 Å². The number of hydrogen-bond donors (Lipinski definition) is 0. The molecule has 0 amide bonds. The Morgan fingerprint density at radius 2 is 2.00 bits per heavy atom. The molecule has 0 fully saturated rings. The Labute approximate surface area is 116 Å². The van der Waals surface area contributed by atoms with Crippen LogP contribution in [0.1, 0.15) is 21.5 Å². The lowest BCUT2D eigenvalue weighted by Gasteiger charge is -1.99. The Balaban J connectivity index is 2.19. The van der Waals surface area contributed by atoms with Crippen molar-refractivity contribution in [3.8, 4) is 0 Å². The molecule has 0 aliphatic rings. The molecule has 1 nitrogen and oxygen atoms in total. The number of benzene rings is 2. The highest BCUT2D eigenvalue weighted by molar-refractivity contribution is 6.30. The molecule has 2 aromatic rings. The maximum atomic E-state index is 13.1. The van der Waals surface area contributed by atoms with Gasteiger partial charge in [0.1, 0.15) is 5.82 Å². The van der Waals surface area contributed by atoms with Gasteiger partial charge in [0.15, 0.2) is 5.78 Å². The second-order valence-electron chi connectivity index (χ2n) is 4.22. The first-order valence-corrected chi connectivity index (χ1v) is 6.18. The van der Waals surface area contributed by atoms with Gasteiger partial charge >= 0.3 is 0 Å². The molecular weight excluding hydrogens is 263 g/mol. The van der Waals surface area contributed by atoms with Gasteiger partial charge in [-0.2, -0.15) is 0 Å². The minimum absolute atomic E-state index is 0.164. The molecule has 0 spiro atoms. The minimum Gasteiger partial charge on any atom is -0.289 e. The molecule has 2 aromatic carbocycles. The Hall–Kier alpha value is -1.93. The van der Waals surface area contributed by atoms with Gasteiger partial charge in [-0.15, -0.1) is 0 Å². The Bertz CT molecular complexity index is 647. The number of carbonyl (C=O) groups excluding carboxylic acids is 1. The van der Waals surface area contributed by atoms with E-state index < -0.39 is 0 Å². The number of carbonyl (C=O) groups is 1. The van der Waals surface area contributed by atoms with Crippen LogP contribution in [0.5, 0.6) is 0 Å². The molecule has 0 aliphatic heterocycles. The monoisotopic (exact) mass is 274 g/mol. The van der Waals surface area contributed by atoms with Crippen LogP contribution in [0.25, 0.3) is 6.08 Å². The summed E-state index contributed by atoms with van der Waals surface area (Å²) < 4.78 is 13.1. The van der Waals surface area contributed by atoms with Crippen LogP contribution in [0.2, 0.25) is 5.02 Å². The number of allylic oxidation sites excluding steroid dienone is 1. The average molecular weight is 275 g/mol. The van der Waals surface area contributed by atoms with Crippen molar-refractivity contribution in [1.82, 2.24) is 0 Å². The Morgan fingerprint density at radius 3 is 2.68 bits per heavy atom. The molecule has 0 bridgehead atoms. The normalized spacial score (nSPS) is 10.9. The number of halogens is 2. The molecule has 0 heterocycles. The summed E-state index contributed by atoms with van der Waals surface area (Å²) in [6, 6.07) is 11.5. The zero-order valence-electron chi connectivity index (χ0n) is 10.4. The van der Waals surface area contributed by atoms with Crippen molar-refractivity contribution in [1.29, 1.82) is 0 Å². The zero-order valence-corrected chi connectivity index (χ0v) is 11.1. The van der Waals surface area contributed by atoms with E-state index in [-0.39, 0.29) is 11.6 Å². The van der Waals surface area contributed by atoms with Crippen LogP contribution >= 0.6 is 11.6 Å². The molecule has 0 unspecified atom stereocenters. The van der Waals surface area contributed by atoms with Crippen LogP contribution in [-0.4, -0.2) is 5.78 Å². The van der Waals surface area contributed by atoms with Crippen LogP contribution in [0.4, 0.5) is 4.39 Å². The summed E-state index contributed by atoms with van der Waals surface area (Å²) in [6.07, 6.45) is 3.14. The third-order valence-electron chi connectivity index (χ3n) is 2.72. The van der Waals surface area contributed by atoms with Crippen LogP contribution in [0.3, 0.4) is 0 Å². The number of aryl methyl sites for hydroxylation is 1. The molecule has 0 saturated heterocycles. The van der Waals surface area contributed by atoms with E-state index in [1.54, 1.807) is 31.2 Å². The highest BCUT2D eigenvalue weighted by atomic mass is 35.5. The molecule has 2 rings (SSSR count). The van der Waals surface area contributed by atoms with Crippen LogP contribution in [-0.2, 0) is 0 Å². The molecule has 0 atom stereocenters. The van der Waals surface area contributed by atoms with Crippen molar-refractivity contribution in [2.24, 2.45) is 0 Å². The summed E-state index contributed by atoms with van der Waals surface area (Å²) in [5, 5.41) is 0.618. The highest BCUT2D eigenvalue weighted by Gasteiger charge is 2.04. The maximum Gasteiger partial charge on any atom is 0.185 e. The van der Waals surface area contributed by atoms with Crippen molar-refractivity contribution in [2.75, 3.05) is 0 Å². The van der Waals surface area contributed by atoms with Gasteiger partial charge in [-0.3, -0.25) is 4.79 Å². The van der Waals surface area contributed by atoms with E-state index in [4.69, 9.17) is 11.6 Å². The van der Waals surface area contributed by atoms with E-state index in [0.717, 1.165) is 5.56 Å². The van der Waals surface area contributed by atoms with Gasteiger partial charge in [-0.05, 0) is 54.5 Å². The molecule has 96 valence electrons. The van der Waals surface area contributed by atoms with E-state index in [2.05, 4.69) is 0 Å². The summed E-state index contributed by atoms with van der Waals surface area (Å²) in [6.45, 7) is 1.63. The van der Waals surface area contributed by atoms with Crippen LogP contribution in [0.15, 0.2) is 48.5 Å². The van der Waals surface area contributed by atoms with Crippen LogP contribution in [0, 0.1) is 12.7 Å². The van der Waals surface area contributed by atoms with Gasteiger partial charge in [0, 0.05) is 10.6 Å². The van der Waals surface area contributed by atoms with Crippen molar-refractivity contribution >= 4 is 23.5 Å². The number of rotatable bonds is 3. The highest BCUT2D eigenvalue weighted by Crippen LogP contribution is 2.14. The standard InChI is InChI=1S/C16H12ClFO/c1-11-9-13(6-7-15(11)18)16(19)8-5-12-3-2-4-14(17)10-12/h2-10H,1H3/b8-5+.